The van der Waals surface area contributed by atoms with Crippen LogP contribution in [0.2, 0.25) is 0 Å². The monoisotopic (exact) mass is 458 g/mol. The van der Waals surface area contributed by atoms with Gasteiger partial charge >= 0.3 is 0 Å². The Morgan fingerprint density at radius 3 is 2.30 bits per heavy atom. The number of nitrogens with one attached hydrogen (secondary N) is 1. The summed E-state index contributed by atoms with van der Waals surface area (Å²) in [5, 5.41) is 2.63. The summed E-state index contributed by atoms with van der Waals surface area (Å²) in [5.41, 5.74) is 1.14. The smallest absolute Gasteiger partial charge is 0.270 e. The highest BCUT2D eigenvalue weighted by molar-refractivity contribution is 7.80. The molecule has 1 saturated heterocycles. The second-order valence-corrected chi connectivity index (χ2v) is 7.64. The summed E-state index contributed by atoms with van der Waals surface area (Å²) in [4.78, 5) is 27.2. The number of amides is 2. The normalized spacial score (nSPS) is 14.9. The fourth-order valence-electron chi connectivity index (χ4n) is 3.28. The topological polar surface area (TPSA) is 67.9 Å². The summed E-state index contributed by atoms with van der Waals surface area (Å²) in [6.07, 6.45) is 2.38. The molecule has 0 saturated carbocycles. The first-order valence-corrected chi connectivity index (χ1v) is 10.9. The van der Waals surface area contributed by atoms with Crippen molar-refractivity contribution < 1.29 is 19.1 Å². The molecule has 0 radical (unpaired) electrons. The van der Waals surface area contributed by atoms with Gasteiger partial charge in [0.25, 0.3) is 11.8 Å². The number of carbonyl (C=O) groups is 2. The lowest BCUT2D eigenvalue weighted by Crippen LogP contribution is -2.54. The number of nitrogens with zero attached hydrogens (tertiary/aromatic N) is 1. The third kappa shape index (κ3) is 5.10. The van der Waals surface area contributed by atoms with Gasteiger partial charge in [0.05, 0.1) is 12.3 Å². The number of hydrogen-bond acceptors (Lipinski definition) is 5. The number of para-hydroxylation sites is 2. The van der Waals surface area contributed by atoms with E-state index in [-0.39, 0.29) is 10.7 Å². The Morgan fingerprint density at radius 1 is 0.909 bits per heavy atom. The first kappa shape index (κ1) is 22.2. The summed E-state index contributed by atoms with van der Waals surface area (Å²) in [6, 6.07) is 23.6. The van der Waals surface area contributed by atoms with Crippen molar-refractivity contribution in [3.05, 3.63) is 90.0 Å². The van der Waals surface area contributed by atoms with Crippen molar-refractivity contribution in [1.82, 2.24) is 5.32 Å². The van der Waals surface area contributed by atoms with Crippen LogP contribution in [0.25, 0.3) is 6.08 Å². The molecule has 3 aromatic carbocycles. The molecule has 1 aliphatic rings. The van der Waals surface area contributed by atoms with Crippen LogP contribution < -0.4 is 19.7 Å². The second kappa shape index (κ2) is 10.1. The van der Waals surface area contributed by atoms with Gasteiger partial charge in [0.1, 0.15) is 22.8 Å². The molecule has 4 rings (SSSR count). The second-order valence-electron chi connectivity index (χ2n) is 7.25. The van der Waals surface area contributed by atoms with Crippen molar-refractivity contribution in [2.45, 2.75) is 13.3 Å². The largest absolute Gasteiger partial charge is 0.493 e. The molecule has 0 bridgehead atoms. The predicted molar refractivity (Wildman–Crippen MR) is 131 cm³/mol. The molecule has 0 atom stereocenters. The maximum absolute atomic E-state index is 13.3. The van der Waals surface area contributed by atoms with Gasteiger partial charge in [-0.3, -0.25) is 19.8 Å². The summed E-state index contributed by atoms with van der Waals surface area (Å²) in [6.45, 7) is 2.54. The first-order chi connectivity index (χ1) is 16.1. The lowest BCUT2D eigenvalue weighted by atomic mass is 10.1. The fourth-order valence-corrected chi connectivity index (χ4v) is 3.56. The van der Waals surface area contributed by atoms with E-state index in [2.05, 4.69) is 5.32 Å². The number of rotatable bonds is 7. The average molecular weight is 459 g/mol. The van der Waals surface area contributed by atoms with Gasteiger partial charge in [0.2, 0.25) is 0 Å². The molecule has 1 N–H and O–H groups in total. The van der Waals surface area contributed by atoms with Crippen molar-refractivity contribution >= 4 is 40.9 Å². The number of hydrogen-bond donors (Lipinski definition) is 1. The molecular formula is C26H22N2O4S. The summed E-state index contributed by atoms with van der Waals surface area (Å²) in [7, 11) is 0. The highest BCUT2D eigenvalue weighted by atomic mass is 32.1. The molecule has 7 heteroatoms. The Labute approximate surface area is 197 Å². The predicted octanol–water partition coefficient (Wildman–Crippen LogP) is 5.10. The molecule has 6 nitrogen and oxygen atoms in total. The first-order valence-electron chi connectivity index (χ1n) is 10.5. The average Bonchev–Trinajstić information content (AvgIpc) is 2.82. The summed E-state index contributed by atoms with van der Waals surface area (Å²) in [5.74, 6) is 0.870. The van der Waals surface area contributed by atoms with E-state index in [1.165, 1.54) is 11.0 Å². The molecule has 0 aromatic heterocycles. The maximum atomic E-state index is 13.3. The van der Waals surface area contributed by atoms with E-state index in [0.717, 1.165) is 6.42 Å². The van der Waals surface area contributed by atoms with E-state index in [0.29, 0.717) is 35.1 Å². The van der Waals surface area contributed by atoms with E-state index in [1.807, 2.05) is 49.4 Å². The Morgan fingerprint density at radius 2 is 1.58 bits per heavy atom. The third-order valence-corrected chi connectivity index (χ3v) is 5.14. The molecule has 166 valence electrons. The van der Waals surface area contributed by atoms with Gasteiger partial charge < -0.3 is 9.47 Å². The van der Waals surface area contributed by atoms with Gasteiger partial charge in [-0.1, -0.05) is 43.3 Å². The Kier molecular flexibility index (Phi) is 6.80. The molecule has 2 amide bonds. The van der Waals surface area contributed by atoms with Gasteiger partial charge in [0, 0.05) is 5.56 Å². The minimum Gasteiger partial charge on any atom is -0.493 e. The highest BCUT2D eigenvalue weighted by Gasteiger charge is 2.34. The number of anilines is 1. The van der Waals surface area contributed by atoms with Crippen LogP contribution in [-0.2, 0) is 9.59 Å². The number of carbonyl (C=O) groups excluding carboxylic acids is 2. The molecule has 1 aliphatic heterocycles. The van der Waals surface area contributed by atoms with E-state index < -0.39 is 11.8 Å². The Bertz CT molecular complexity index is 1210. The van der Waals surface area contributed by atoms with Crippen molar-refractivity contribution in [3.63, 3.8) is 0 Å². The molecule has 0 spiro atoms. The zero-order valence-electron chi connectivity index (χ0n) is 18.0. The van der Waals surface area contributed by atoms with E-state index in [1.54, 1.807) is 36.4 Å². The van der Waals surface area contributed by atoms with Crippen LogP contribution in [0.5, 0.6) is 17.2 Å². The molecule has 3 aromatic rings. The van der Waals surface area contributed by atoms with Crippen LogP contribution in [0.1, 0.15) is 18.9 Å². The van der Waals surface area contributed by atoms with Gasteiger partial charge in [-0.2, -0.15) is 0 Å². The molecule has 0 unspecified atom stereocenters. The van der Waals surface area contributed by atoms with Crippen LogP contribution in [0, 0.1) is 0 Å². The van der Waals surface area contributed by atoms with E-state index >= 15 is 0 Å². The number of ether oxygens (including phenoxy) is 2. The highest BCUT2D eigenvalue weighted by Crippen LogP contribution is 2.28. The van der Waals surface area contributed by atoms with Gasteiger partial charge in [0.15, 0.2) is 5.11 Å². The summed E-state index contributed by atoms with van der Waals surface area (Å²) < 4.78 is 11.6. The molecule has 1 heterocycles. The van der Waals surface area contributed by atoms with Crippen LogP contribution in [0.15, 0.2) is 84.4 Å². The molecular weight excluding hydrogens is 436 g/mol. The van der Waals surface area contributed by atoms with Crippen molar-refractivity contribution in [1.29, 1.82) is 0 Å². The van der Waals surface area contributed by atoms with Gasteiger partial charge in [-0.25, -0.2) is 0 Å². The van der Waals surface area contributed by atoms with Gasteiger partial charge in [-0.15, -0.1) is 0 Å². The number of benzene rings is 3. The quantitative estimate of drug-likeness (QED) is 0.303. The summed E-state index contributed by atoms with van der Waals surface area (Å²) >= 11 is 5.29. The number of thiocarbonyl (C=S) groups is 1. The van der Waals surface area contributed by atoms with Crippen molar-refractivity contribution in [2.75, 3.05) is 11.5 Å². The standard InChI is InChI=1S/C26H22N2O4S/c1-2-16-31-23-11-7-6-8-18(23)17-22-24(29)27-26(33)28(25(22)30)19-12-14-21(15-13-19)32-20-9-4-3-5-10-20/h3-15,17H,2,16H2,1H3,(H,27,29,33). The lowest BCUT2D eigenvalue weighted by molar-refractivity contribution is -0.122. The Balaban J connectivity index is 1.60. The molecule has 1 fully saturated rings. The zero-order valence-corrected chi connectivity index (χ0v) is 18.8. The van der Waals surface area contributed by atoms with E-state index in [9.17, 15) is 9.59 Å². The lowest BCUT2D eigenvalue weighted by Gasteiger charge is -2.29. The SMILES string of the molecule is CCCOc1ccccc1C=C1C(=O)NC(=S)N(c2ccc(Oc3ccccc3)cc2)C1=O. The minimum atomic E-state index is -0.546. The van der Waals surface area contributed by atoms with Crippen molar-refractivity contribution in [2.24, 2.45) is 0 Å². The van der Waals surface area contributed by atoms with E-state index in [4.69, 9.17) is 21.7 Å². The Hall–Kier alpha value is -3.97. The molecule has 0 aliphatic carbocycles. The van der Waals surface area contributed by atoms with Crippen LogP contribution >= 0.6 is 12.2 Å². The minimum absolute atomic E-state index is 0.0226. The van der Waals surface area contributed by atoms with Crippen LogP contribution in [0.3, 0.4) is 0 Å². The van der Waals surface area contributed by atoms with Crippen molar-refractivity contribution in [3.8, 4) is 17.2 Å². The third-order valence-electron chi connectivity index (χ3n) is 4.86. The maximum Gasteiger partial charge on any atom is 0.270 e. The van der Waals surface area contributed by atoms with Crippen LogP contribution in [0.4, 0.5) is 5.69 Å². The van der Waals surface area contributed by atoms with Crippen LogP contribution in [-0.4, -0.2) is 23.5 Å². The molecule has 33 heavy (non-hydrogen) atoms. The van der Waals surface area contributed by atoms with Gasteiger partial charge in [-0.05, 0) is 67.2 Å². The fraction of sp³-hybridized carbons (Fsp3) is 0.115. The zero-order chi connectivity index (χ0) is 23.2.